The number of rotatable bonds is 2. The molecular formula is C6H7N2. The van der Waals surface area contributed by atoms with Crippen LogP contribution >= 0.6 is 0 Å². The first kappa shape index (κ1) is 5.09. The average Bonchev–Trinajstić information content (AvgIpc) is 2.19. The first-order valence-corrected chi connectivity index (χ1v) is 2.44. The Morgan fingerprint density at radius 2 is 2.88 bits per heavy atom. The highest BCUT2D eigenvalue weighted by molar-refractivity contribution is 5.00. The van der Waals surface area contributed by atoms with Crippen LogP contribution in [-0.2, 0) is 6.42 Å². The van der Waals surface area contributed by atoms with E-state index in [1.807, 2.05) is 12.1 Å². The zero-order valence-electron chi connectivity index (χ0n) is 4.52. The van der Waals surface area contributed by atoms with Gasteiger partial charge in [0.2, 0.25) is 0 Å². The van der Waals surface area contributed by atoms with E-state index in [4.69, 9.17) is 0 Å². The molecule has 1 rings (SSSR count). The fourth-order valence-corrected chi connectivity index (χ4v) is 0.507. The Morgan fingerprint density at radius 1 is 2.00 bits per heavy atom. The lowest BCUT2D eigenvalue weighted by Gasteiger charge is -1.81. The molecule has 1 aromatic rings. The molecule has 2 heteroatoms. The van der Waals surface area contributed by atoms with Gasteiger partial charge in [0.05, 0.1) is 0 Å². The molecule has 0 saturated heterocycles. The third-order valence-corrected chi connectivity index (χ3v) is 0.867. The second kappa shape index (κ2) is 2.31. The topological polar surface area (TPSA) is 28.7 Å². The zero-order chi connectivity index (χ0) is 5.82. The molecule has 1 heterocycles. The third kappa shape index (κ3) is 0.964. The fourth-order valence-electron chi connectivity index (χ4n) is 0.507. The van der Waals surface area contributed by atoms with Crippen LogP contribution in [0.1, 0.15) is 5.69 Å². The standard InChI is InChI=1S/C6H7N2/c1-2-3-6-4-5-7-8-6/h2,4H,1,3H2,(H,7,8). The van der Waals surface area contributed by atoms with E-state index in [0.29, 0.717) is 0 Å². The van der Waals surface area contributed by atoms with Crippen LogP contribution in [0.3, 0.4) is 0 Å². The van der Waals surface area contributed by atoms with Gasteiger partial charge in [-0.25, -0.2) is 0 Å². The van der Waals surface area contributed by atoms with E-state index in [1.54, 1.807) is 0 Å². The minimum Gasteiger partial charge on any atom is -0.282 e. The van der Waals surface area contributed by atoms with Crippen molar-refractivity contribution < 1.29 is 0 Å². The molecule has 0 aliphatic rings. The molecule has 0 amide bonds. The molecule has 2 nitrogen and oxygen atoms in total. The molecule has 0 spiro atoms. The van der Waals surface area contributed by atoms with E-state index in [9.17, 15) is 0 Å². The van der Waals surface area contributed by atoms with Crippen LogP contribution in [0, 0.1) is 6.20 Å². The summed E-state index contributed by atoms with van der Waals surface area (Å²) in [7, 11) is 0. The van der Waals surface area contributed by atoms with Crippen molar-refractivity contribution in [1.29, 1.82) is 0 Å². The van der Waals surface area contributed by atoms with Crippen LogP contribution in [0.2, 0.25) is 0 Å². The summed E-state index contributed by atoms with van der Waals surface area (Å²) in [4.78, 5) is 0. The quantitative estimate of drug-likeness (QED) is 0.560. The summed E-state index contributed by atoms with van der Waals surface area (Å²) in [5.74, 6) is 0. The molecule has 0 saturated carbocycles. The predicted molar refractivity (Wildman–Crippen MR) is 31.3 cm³/mol. The molecule has 8 heavy (non-hydrogen) atoms. The second-order valence-electron chi connectivity index (χ2n) is 1.52. The Hall–Kier alpha value is -1.05. The van der Waals surface area contributed by atoms with Gasteiger partial charge < -0.3 is 0 Å². The maximum absolute atomic E-state index is 3.64. The van der Waals surface area contributed by atoms with E-state index in [-0.39, 0.29) is 0 Å². The number of aromatic nitrogens is 2. The van der Waals surface area contributed by atoms with Gasteiger partial charge in [-0.2, -0.15) is 5.10 Å². The van der Waals surface area contributed by atoms with Crippen LogP contribution in [0.25, 0.3) is 0 Å². The normalized spacial score (nSPS) is 9.00. The summed E-state index contributed by atoms with van der Waals surface area (Å²) in [6.45, 7) is 3.57. The van der Waals surface area contributed by atoms with Crippen LogP contribution in [-0.4, -0.2) is 10.2 Å². The van der Waals surface area contributed by atoms with Crippen molar-refractivity contribution >= 4 is 0 Å². The van der Waals surface area contributed by atoms with Crippen molar-refractivity contribution in [3.05, 3.63) is 30.6 Å². The van der Waals surface area contributed by atoms with E-state index < -0.39 is 0 Å². The maximum Gasteiger partial charge on any atom is 0.113 e. The lowest BCUT2D eigenvalue weighted by atomic mass is 10.3. The molecule has 0 fully saturated rings. The SMILES string of the molecule is C=CCc1c[c]n[nH]1. The number of hydrogen-bond acceptors (Lipinski definition) is 1. The average molecular weight is 107 g/mol. The molecule has 1 aromatic heterocycles. The number of hydrogen-bond donors (Lipinski definition) is 1. The van der Waals surface area contributed by atoms with Gasteiger partial charge in [0, 0.05) is 12.1 Å². The molecular weight excluding hydrogens is 100 g/mol. The van der Waals surface area contributed by atoms with Crippen molar-refractivity contribution in [2.45, 2.75) is 6.42 Å². The number of nitrogens with zero attached hydrogens (tertiary/aromatic N) is 1. The van der Waals surface area contributed by atoms with Crippen molar-refractivity contribution in [3.63, 3.8) is 0 Å². The van der Waals surface area contributed by atoms with Crippen LogP contribution in [0.4, 0.5) is 0 Å². The minimum atomic E-state index is 0.844. The summed E-state index contributed by atoms with van der Waals surface area (Å²) in [5, 5.41) is 6.40. The second-order valence-corrected chi connectivity index (χ2v) is 1.52. The number of H-pyrrole nitrogens is 1. The van der Waals surface area contributed by atoms with Gasteiger partial charge in [0.15, 0.2) is 0 Å². The Labute approximate surface area is 48.2 Å². The molecule has 1 radical (unpaired) electrons. The summed E-state index contributed by atoms with van der Waals surface area (Å²) in [6, 6.07) is 1.81. The van der Waals surface area contributed by atoms with Gasteiger partial charge in [-0.15, -0.1) is 6.58 Å². The Balaban J connectivity index is 2.62. The van der Waals surface area contributed by atoms with Crippen LogP contribution in [0.5, 0.6) is 0 Å². The lowest BCUT2D eigenvalue weighted by Crippen LogP contribution is -1.77. The Morgan fingerprint density at radius 3 is 3.38 bits per heavy atom. The predicted octanol–water partition coefficient (Wildman–Crippen LogP) is 0.938. The van der Waals surface area contributed by atoms with Gasteiger partial charge >= 0.3 is 0 Å². The molecule has 0 aliphatic carbocycles. The lowest BCUT2D eigenvalue weighted by molar-refractivity contribution is 1.01. The minimum absolute atomic E-state index is 0.844. The summed E-state index contributed by atoms with van der Waals surface area (Å²) >= 11 is 0. The van der Waals surface area contributed by atoms with E-state index >= 15 is 0 Å². The van der Waals surface area contributed by atoms with Crippen molar-refractivity contribution in [1.82, 2.24) is 10.2 Å². The monoisotopic (exact) mass is 107 g/mol. The van der Waals surface area contributed by atoms with Gasteiger partial charge in [0.25, 0.3) is 0 Å². The summed E-state index contributed by atoms with van der Waals surface area (Å²) in [5.41, 5.74) is 1.06. The number of aromatic amines is 1. The number of nitrogens with one attached hydrogen (secondary N) is 1. The first-order chi connectivity index (χ1) is 3.93. The molecule has 1 N–H and O–H groups in total. The smallest absolute Gasteiger partial charge is 0.113 e. The van der Waals surface area contributed by atoms with Gasteiger partial charge in [-0.05, 0) is 6.07 Å². The molecule has 0 bridgehead atoms. The van der Waals surface area contributed by atoms with Crippen LogP contribution in [0.15, 0.2) is 18.7 Å². The highest BCUT2D eigenvalue weighted by Crippen LogP contribution is 1.90. The van der Waals surface area contributed by atoms with Crippen molar-refractivity contribution in [3.8, 4) is 0 Å². The first-order valence-electron chi connectivity index (χ1n) is 2.44. The molecule has 0 unspecified atom stereocenters. The molecule has 0 aromatic carbocycles. The van der Waals surface area contributed by atoms with E-state index in [1.165, 1.54) is 0 Å². The summed E-state index contributed by atoms with van der Waals surface area (Å²) in [6.07, 6.45) is 5.33. The fraction of sp³-hybridized carbons (Fsp3) is 0.167. The van der Waals surface area contributed by atoms with Crippen LogP contribution < -0.4 is 0 Å². The largest absolute Gasteiger partial charge is 0.282 e. The zero-order valence-corrected chi connectivity index (χ0v) is 4.52. The third-order valence-electron chi connectivity index (χ3n) is 0.867. The van der Waals surface area contributed by atoms with Crippen molar-refractivity contribution in [2.24, 2.45) is 0 Å². The Bertz CT molecular complexity index is 153. The highest BCUT2D eigenvalue weighted by Gasteiger charge is 1.85. The molecule has 0 atom stereocenters. The summed E-state index contributed by atoms with van der Waals surface area (Å²) < 4.78 is 0. The van der Waals surface area contributed by atoms with Gasteiger partial charge in [0.1, 0.15) is 6.20 Å². The Kier molecular flexibility index (Phi) is 1.47. The molecule has 41 valence electrons. The van der Waals surface area contributed by atoms with Gasteiger partial charge in [-0.3, -0.25) is 5.10 Å². The molecule has 0 aliphatic heterocycles. The number of allylic oxidation sites excluding steroid dienone is 1. The van der Waals surface area contributed by atoms with Gasteiger partial charge in [-0.1, -0.05) is 6.08 Å². The maximum atomic E-state index is 3.64. The van der Waals surface area contributed by atoms with Crippen molar-refractivity contribution in [2.75, 3.05) is 0 Å². The van der Waals surface area contributed by atoms with E-state index in [0.717, 1.165) is 12.1 Å². The van der Waals surface area contributed by atoms with E-state index in [2.05, 4.69) is 23.0 Å². The highest BCUT2D eigenvalue weighted by atomic mass is 15.1.